The first-order valence-electron chi connectivity index (χ1n) is 12.0. The summed E-state index contributed by atoms with van der Waals surface area (Å²) in [4.78, 5) is 20.0. The third kappa shape index (κ3) is 6.41. The van der Waals surface area contributed by atoms with E-state index < -0.39 is 10.0 Å². The van der Waals surface area contributed by atoms with Crippen LogP contribution in [0.3, 0.4) is 0 Å². The highest BCUT2D eigenvalue weighted by Gasteiger charge is 2.26. The Labute approximate surface area is 231 Å². The minimum absolute atomic E-state index is 0.00369. The number of fused-ring (bicyclic) bond motifs is 1. The number of sulfonamides is 1. The van der Waals surface area contributed by atoms with E-state index in [1.807, 2.05) is 60.7 Å². The smallest absolute Gasteiger partial charge is 0.260 e. The number of carbonyl (C=O) groups excluding carboxylic acids is 1. The summed E-state index contributed by atoms with van der Waals surface area (Å²) in [6.45, 7) is 0.232. The van der Waals surface area contributed by atoms with Crippen LogP contribution in [0, 0.1) is 22.7 Å². The number of thiazole rings is 1. The van der Waals surface area contributed by atoms with Gasteiger partial charge in [-0.25, -0.2) is 13.4 Å². The second kappa shape index (κ2) is 12.5. The van der Waals surface area contributed by atoms with E-state index in [0.29, 0.717) is 22.0 Å². The van der Waals surface area contributed by atoms with E-state index in [4.69, 9.17) is 15.3 Å². The molecule has 3 aromatic carbocycles. The normalized spacial score (nSPS) is 11.2. The fourth-order valence-corrected chi connectivity index (χ4v) is 6.29. The van der Waals surface area contributed by atoms with Crippen LogP contribution < -0.4 is 9.64 Å². The molecular weight excluding hydrogens is 534 g/mol. The Kier molecular flexibility index (Phi) is 8.89. The van der Waals surface area contributed by atoms with E-state index in [0.717, 1.165) is 14.6 Å². The molecule has 0 saturated heterocycles. The Morgan fingerprint density at radius 2 is 1.64 bits per heavy atom. The van der Waals surface area contributed by atoms with Crippen molar-refractivity contribution in [3.63, 3.8) is 0 Å². The van der Waals surface area contributed by atoms with Gasteiger partial charge in [-0.1, -0.05) is 41.7 Å². The Balaban J connectivity index is 1.66. The van der Waals surface area contributed by atoms with Crippen LogP contribution in [-0.4, -0.2) is 43.8 Å². The summed E-state index contributed by atoms with van der Waals surface area (Å²) in [5.74, 6) is 0.329. The molecule has 4 aromatic rings. The maximum Gasteiger partial charge on any atom is 0.260 e. The van der Waals surface area contributed by atoms with Crippen molar-refractivity contribution in [3.8, 4) is 17.9 Å². The first-order valence-corrected chi connectivity index (χ1v) is 14.3. The lowest BCUT2D eigenvalue weighted by Gasteiger charge is -2.21. The molecule has 1 aromatic heterocycles. The van der Waals surface area contributed by atoms with E-state index in [9.17, 15) is 13.2 Å². The van der Waals surface area contributed by atoms with Gasteiger partial charge in [-0.3, -0.25) is 9.69 Å². The fraction of sp³-hybridized carbons (Fsp3) is 0.214. The largest absolute Gasteiger partial charge is 0.497 e. The second-order valence-electron chi connectivity index (χ2n) is 8.45. The molecule has 4 rings (SSSR count). The molecule has 11 heteroatoms. The number of hydrogen-bond donors (Lipinski definition) is 0. The molecule has 39 heavy (non-hydrogen) atoms. The molecule has 0 aliphatic heterocycles. The van der Waals surface area contributed by atoms with Gasteiger partial charge >= 0.3 is 0 Å². The molecule has 0 aliphatic carbocycles. The molecule has 0 spiro atoms. The average Bonchev–Trinajstić information content (AvgIpc) is 3.39. The predicted molar refractivity (Wildman–Crippen MR) is 149 cm³/mol. The van der Waals surface area contributed by atoms with Crippen molar-refractivity contribution < 1.29 is 17.9 Å². The highest BCUT2D eigenvalue weighted by Crippen LogP contribution is 2.33. The van der Waals surface area contributed by atoms with Crippen LogP contribution in [-0.2, 0) is 16.6 Å². The van der Waals surface area contributed by atoms with E-state index >= 15 is 0 Å². The van der Waals surface area contributed by atoms with Gasteiger partial charge in [0.2, 0.25) is 10.0 Å². The van der Waals surface area contributed by atoms with Gasteiger partial charge in [0.05, 0.1) is 40.9 Å². The third-order valence-electron chi connectivity index (χ3n) is 5.93. The summed E-state index contributed by atoms with van der Waals surface area (Å²) < 4.78 is 33.7. The van der Waals surface area contributed by atoms with Crippen LogP contribution in [0.2, 0.25) is 0 Å². The van der Waals surface area contributed by atoms with Crippen LogP contribution in [0.15, 0.2) is 77.7 Å². The fourth-order valence-electron chi connectivity index (χ4n) is 3.91. The van der Waals surface area contributed by atoms with Gasteiger partial charge in [-0.05, 0) is 42.0 Å². The molecule has 0 N–H and O–H groups in total. The summed E-state index contributed by atoms with van der Waals surface area (Å²) in [6.07, 6.45) is 0.00737. The van der Waals surface area contributed by atoms with Gasteiger partial charge in [-0.2, -0.15) is 14.8 Å². The molecule has 0 aliphatic rings. The highest BCUT2D eigenvalue weighted by atomic mass is 32.2. The first-order chi connectivity index (χ1) is 18.9. The molecule has 198 valence electrons. The van der Waals surface area contributed by atoms with E-state index in [1.165, 1.54) is 35.6 Å². The number of amides is 1. The quantitative estimate of drug-likeness (QED) is 0.254. The summed E-state index contributed by atoms with van der Waals surface area (Å²) in [5.41, 5.74) is 1.91. The van der Waals surface area contributed by atoms with E-state index in [1.54, 1.807) is 12.0 Å². The number of aromatic nitrogens is 1. The molecule has 0 bridgehead atoms. The Morgan fingerprint density at radius 3 is 2.26 bits per heavy atom. The average molecular weight is 560 g/mol. The molecule has 0 radical (unpaired) electrons. The van der Waals surface area contributed by atoms with Crippen molar-refractivity contribution in [2.24, 2.45) is 0 Å². The van der Waals surface area contributed by atoms with Gasteiger partial charge in [0, 0.05) is 37.6 Å². The van der Waals surface area contributed by atoms with Crippen molar-refractivity contribution in [1.82, 2.24) is 9.29 Å². The van der Waals surface area contributed by atoms with Crippen LogP contribution >= 0.6 is 11.3 Å². The highest BCUT2D eigenvalue weighted by molar-refractivity contribution is 7.89. The zero-order valence-corrected chi connectivity index (χ0v) is 22.8. The van der Waals surface area contributed by atoms with Gasteiger partial charge < -0.3 is 4.74 Å². The summed E-state index contributed by atoms with van der Waals surface area (Å²) in [5, 5.41) is 18.3. The number of rotatable bonds is 11. The molecule has 0 fully saturated rings. The molecule has 1 heterocycles. The SMILES string of the molecule is COc1ccc2sc(N(Cc3ccccc3)C(=O)c3ccc(S(=O)(=O)N(CCC#N)CCC#N)cc3)nc2c1. The molecule has 1 amide bonds. The Morgan fingerprint density at radius 1 is 0.974 bits per heavy atom. The minimum atomic E-state index is -3.95. The number of carbonyl (C=O) groups is 1. The van der Waals surface area contributed by atoms with Crippen LogP contribution in [0.5, 0.6) is 5.75 Å². The van der Waals surface area contributed by atoms with Crippen LogP contribution in [0.4, 0.5) is 5.13 Å². The van der Waals surface area contributed by atoms with Gasteiger partial charge in [-0.15, -0.1) is 0 Å². The zero-order valence-electron chi connectivity index (χ0n) is 21.1. The van der Waals surface area contributed by atoms with Crippen molar-refractivity contribution in [3.05, 3.63) is 83.9 Å². The Bertz CT molecular complexity index is 1620. The standard InChI is InChI=1S/C28H25N5O4S2/c1-37-23-11-14-26-25(19-23)31-28(38-26)33(20-21-7-3-2-4-8-21)27(34)22-9-12-24(13-10-22)39(35,36)32(17-5-15-29)18-6-16-30/h2-4,7-14,19H,5-6,17-18,20H2,1H3. The zero-order chi connectivity index (χ0) is 27.8. The summed E-state index contributed by atoms with van der Waals surface area (Å²) in [7, 11) is -2.37. The second-order valence-corrected chi connectivity index (χ2v) is 11.4. The van der Waals surface area contributed by atoms with Gasteiger partial charge in [0.1, 0.15) is 5.75 Å². The van der Waals surface area contributed by atoms with Crippen LogP contribution in [0.25, 0.3) is 10.2 Å². The van der Waals surface area contributed by atoms with Crippen molar-refractivity contribution in [1.29, 1.82) is 10.5 Å². The van der Waals surface area contributed by atoms with Crippen molar-refractivity contribution in [2.45, 2.75) is 24.3 Å². The minimum Gasteiger partial charge on any atom is -0.497 e. The van der Waals surface area contributed by atoms with E-state index in [-0.39, 0.29) is 43.3 Å². The number of hydrogen-bond acceptors (Lipinski definition) is 8. The lowest BCUT2D eigenvalue weighted by Crippen LogP contribution is -2.33. The Hall–Kier alpha value is -4.29. The maximum absolute atomic E-state index is 13.8. The van der Waals surface area contributed by atoms with E-state index in [2.05, 4.69) is 4.98 Å². The van der Waals surface area contributed by atoms with Crippen molar-refractivity contribution in [2.75, 3.05) is 25.1 Å². The van der Waals surface area contributed by atoms with Gasteiger partial charge in [0.25, 0.3) is 5.91 Å². The number of nitrogens with zero attached hydrogens (tertiary/aromatic N) is 5. The monoisotopic (exact) mass is 559 g/mol. The van der Waals surface area contributed by atoms with Crippen LogP contribution in [0.1, 0.15) is 28.8 Å². The van der Waals surface area contributed by atoms with Crippen molar-refractivity contribution >= 4 is 42.6 Å². The predicted octanol–water partition coefficient (Wildman–Crippen LogP) is 4.97. The number of benzene rings is 3. The summed E-state index contributed by atoms with van der Waals surface area (Å²) >= 11 is 1.38. The molecule has 0 saturated carbocycles. The summed E-state index contributed by atoms with van der Waals surface area (Å²) in [6, 6.07) is 24.6. The molecule has 0 unspecified atom stereocenters. The topological polar surface area (TPSA) is 127 Å². The lowest BCUT2D eigenvalue weighted by atomic mass is 10.1. The third-order valence-corrected chi connectivity index (χ3v) is 8.90. The molecular formula is C28H25N5O4S2. The number of ether oxygens (including phenoxy) is 1. The lowest BCUT2D eigenvalue weighted by molar-refractivity contribution is 0.0985. The molecule has 0 atom stereocenters. The van der Waals surface area contributed by atoms with Gasteiger partial charge in [0.15, 0.2) is 5.13 Å². The maximum atomic E-state index is 13.8. The first kappa shape index (κ1) is 27.7. The number of anilines is 1. The molecule has 9 nitrogen and oxygen atoms in total. The number of methoxy groups -OCH3 is 1. The number of nitriles is 2.